The highest BCUT2D eigenvalue weighted by molar-refractivity contribution is 6.33. The third kappa shape index (κ3) is 1.79. The molecule has 0 atom stereocenters. The van der Waals surface area contributed by atoms with Gasteiger partial charge in [-0.2, -0.15) is 0 Å². The highest BCUT2D eigenvalue weighted by Crippen LogP contribution is 2.38. The normalized spacial score (nSPS) is 17.0. The first-order valence-corrected chi connectivity index (χ1v) is 7.95. The smallest absolute Gasteiger partial charge is 0.261 e. The fourth-order valence-corrected chi connectivity index (χ4v) is 3.60. The number of hydrogen-bond acceptors (Lipinski definition) is 4. The van der Waals surface area contributed by atoms with E-state index >= 15 is 0 Å². The van der Waals surface area contributed by atoms with Gasteiger partial charge in [-0.25, -0.2) is 0 Å². The molecule has 0 N–H and O–H groups in total. The number of imide groups is 2. The van der Waals surface area contributed by atoms with E-state index in [1.165, 1.54) is 11.9 Å². The van der Waals surface area contributed by atoms with Crippen molar-refractivity contribution >= 4 is 34.4 Å². The SMILES string of the molecule is CN1C(=O)c2ccc3c4c(ccc(c24)C1=O)C(=O)N(C(C)(C)C)C3=O. The Labute approximate surface area is 144 Å². The third-order valence-corrected chi connectivity index (χ3v) is 4.77. The third-order valence-electron chi connectivity index (χ3n) is 4.77. The Morgan fingerprint density at radius 1 is 0.640 bits per heavy atom. The predicted molar refractivity (Wildman–Crippen MR) is 90.6 cm³/mol. The molecule has 6 nitrogen and oxygen atoms in total. The molecule has 2 aliphatic heterocycles. The molecule has 0 aliphatic carbocycles. The Balaban J connectivity index is 2.13. The summed E-state index contributed by atoms with van der Waals surface area (Å²) in [4.78, 5) is 53.1. The molecule has 126 valence electrons. The van der Waals surface area contributed by atoms with Gasteiger partial charge in [0.05, 0.1) is 0 Å². The lowest BCUT2D eigenvalue weighted by Crippen LogP contribution is -2.51. The lowest BCUT2D eigenvalue weighted by atomic mass is 9.85. The maximum absolute atomic E-state index is 12.9. The van der Waals surface area contributed by atoms with Crippen molar-refractivity contribution in [3.8, 4) is 0 Å². The van der Waals surface area contributed by atoms with Crippen LogP contribution in [0.25, 0.3) is 10.8 Å². The molecule has 2 aromatic rings. The van der Waals surface area contributed by atoms with Crippen molar-refractivity contribution in [1.82, 2.24) is 9.80 Å². The van der Waals surface area contributed by atoms with Crippen molar-refractivity contribution in [2.45, 2.75) is 26.3 Å². The van der Waals surface area contributed by atoms with E-state index in [0.717, 1.165) is 4.90 Å². The molecule has 0 unspecified atom stereocenters. The fourth-order valence-electron chi connectivity index (χ4n) is 3.60. The molecule has 0 spiro atoms. The van der Waals surface area contributed by atoms with Crippen LogP contribution in [0.4, 0.5) is 0 Å². The van der Waals surface area contributed by atoms with Crippen LogP contribution in [0.15, 0.2) is 24.3 Å². The second-order valence-corrected chi connectivity index (χ2v) is 7.36. The predicted octanol–water partition coefficient (Wildman–Crippen LogP) is 2.46. The molecule has 6 heteroatoms. The van der Waals surface area contributed by atoms with E-state index in [4.69, 9.17) is 0 Å². The van der Waals surface area contributed by atoms with Crippen LogP contribution in [-0.2, 0) is 0 Å². The van der Waals surface area contributed by atoms with Crippen LogP contribution >= 0.6 is 0 Å². The quantitative estimate of drug-likeness (QED) is 0.693. The number of nitrogens with zero attached hydrogens (tertiary/aromatic N) is 2. The highest BCUT2D eigenvalue weighted by atomic mass is 16.2. The maximum atomic E-state index is 12.9. The van der Waals surface area contributed by atoms with E-state index < -0.39 is 29.2 Å². The van der Waals surface area contributed by atoms with Gasteiger partial charge in [0, 0.05) is 45.6 Å². The molecule has 0 radical (unpaired) electrons. The molecule has 0 saturated carbocycles. The number of rotatable bonds is 0. The van der Waals surface area contributed by atoms with Crippen molar-refractivity contribution < 1.29 is 19.2 Å². The first kappa shape index (κ1) is 15.5. The minimum absolute atomic E-state index is 0.336. The zero-order valence-electron chi connectivity index (χ0n) is 14.3. The zero-order chi connectivity index (χ0) is 18.3. The van der Waals surface area contributed by atoms with Gasteiger partial charge >= 0.3 is 0 Å². The van der Waals surface area contributed by atoms with Crippen LogP contribution in [0.3, 0.4) is 0 Å². The molecule has 2 aliphatic rings. The van der Waals surface area contributed by atoms with Gasteiger partial charge in [0.25, 0.3) is 23.6 Å². The van der Waals surface area contributed by atoms with E-state index in [9.17, 15) is 19.2 Å². The molecule has 25 heavy (non-hydrogen) atoms. The molecule has 0 bridgehead atoms. The van der Waals surface area contributed by atoms with Crippen molar-refractivity contribution in [3.63, 3.8) is 0 Å². The van der Waals surface area contributed by atoms with E-state index in [1.54, 1.807) is 45.0 Å². The first-order chi connectivity index (χ1) is 11.6. The molecule has 2 heterocycles. The van der Waals surface area contributed by atoms with Crippen molar-refractivity contribution in [3.05, 3.63) is 46.5 Å². The summed E-state index contributed by atoms with van der Waals surface area (Å²) in [5, 5.41) is 0.804. The summed E-state index contributed by atoms with van der Waals surface area (Å²) in [6, 6.07) is 6.26. The molecule has 0 saturated heterocycles. The molecule has 4 amide bonds. The van der Waals surface area contributed by atoms with Gasteiger partial charge in [0.1, 0.15) is 0 Å². The minimum atomic E-state index is -0.682. The Bertz CT molecular complexity index is 959. The molecular weight excluding hydrogens is 320 g/mol. The van der Waals surface area contributed by atoms with E-state index in [0.29, 0.717) is 33.0 Å². The maximum Gasteiger partial charge on any atom is 0.261 e. The summed E-state index contributed by atoms with van der Waals surface area (Å²) in [6.45, 7) is 5.37. The van der Waals surface area contributed by atoms with E-state index in [1.807, 2.05) is 0 Å². The Morgan fingerprint density at radius 3 is 1.28 bits per heavy atom. The highest BCUT2D eigenvalue weighted by Gasteiger charge is 2.42. The molecule has 0 fully saturated rings. The molecule has 0 aromatic heterocycles. The standard InChI is InChI=1S/C19H16N2O4/c1-19(2,3)21-17(24)11-7-5-9-13-10(16(23)20(4)15(9)22)6-8-12(14(11)13)18(21)25/h5-8H,1-4H3. The van der Waals surface area contributed by atoms with Gasteiger partial charge in [-0.1, -0.05) is 0 Å². The molecule has 4 rings (SSSR count). The van der Waals surface area contributed by atoms with Crippen LogP contribution in [0.5, 0.6) is 0 Å². The van der Waals surface area contributed by atoms with Crippen LogP contribution in [0, 0.1) is 0 Å². The summed E-state index contributed by atoms with van der Waals surface area (Å²) in [6.07, 6.45) is 0. The monoisotopic (exact) mass is 336 g/mol. The van der Waals surface area contributed by atoms with Crippen LogP contribution in [0.1, 0.15) is 62.2 Å². The lowest BCUT2D eigenvalue weighted by molar-refractivity contribution is 0.0458. The number of amides is 4. The van der Waals surface area contributed by atoms with Gasteiger partial charge in [-0.05, 0) is 45.0 Å². The number of carbonyl (C=O) groups is 4. The second kappa shape index (κ2) is 4.53. The Kier molecular flexibility index (Phi) is 2.81. The van der Waals surface area contributed by atoms with Crippen molar-refractivity contribution in [2.75, 3.05) is 7.05 Å². The van der Waals surface area contributed by atoms with Crippen LogP contribution in [-0.4, -0.2) is 46.0 Å². The van der Waals surface area contributed by atoms with Gasteiger partial charge in [0.2, 0.25) is 0 Å². The van der Waals surface area contributed by atoms with Gasteiger partial charge in [-0.3, -0.25) is 29.0 Å². The summed E-state index contributed by atoms with van der Waals surface area (Å²) in [5.74, 6) is -1.68. The zero-order valence-corrected chi connectivity index (χ0v) is 14.3. The summed E-state index contributed by atoms with van der Waals surface area (Å²) in [7, 11) is 1.42. The van der Waals surface area contributed by atoms with Crippen molar-refractivity contribution in [2.24, 2.45) is 0 Å². The average Bonchev–Trinajstić information content (AvgIpc) is 2.54. The fraction of sp³-hybridized carbons (Fsp3) is 0.263. The van der Waals surface area contributed by atoms with Gasteiger partial charge in [0.15, 0.2) is 0 Å². The van der Waals surface area contributed by atoms with E-state index in [-0.39, 0.29) is 0 Å². The van der Waals surface area contributed by atoms with Crippen LogP contribution < -0.4 is 0 Å². The van der Waals surface area contributed by atoms with E-state index in [2.05, 4.69) is 0 Å². The minimum Gasteiger partial charge on any atom is -0.277 e. The Hall–Kier alpha value is -3.02. The summed E-state index contributed by atoms with van der Waals surface area (Å²) in [5.41, 5.74) is 0.675. The first-order valence-electron chi connectivity index (χ1n) is 7.95. The average molecular weight is 336 g/mol. The lowest BCUT2D eigenvalue weighted by Gasteiger charge is -2.38. The van der Waals surface area contributed by atoms with Gasteiger partial charge in [-0.15, -0.1) is 0 Å². The van der Waals surface area contributed by atoms with Crippen molar-refractivity contribution in [1.29, 1.82) is 0 Å². The second-order valence-electron chi connectivity index (χ2n) is 7.36. The van der Waals surface area contributed by atoms with Crippen LogP contribution in [0.2, 0.25) is 0 Å². The number of hydrogen-bond donors (Lipinski definition) is 0. The van der Waals surface area contributed by atoms with Gasteiger partial charge < -0.3 is 0 Å². The summed E-state index contributed by atoms with van der Waals surface area (Å²) >= 11 is 0. The largest absolute Gasteiger partial charge is 0.277 e. The number of benzene rings is 2. The molecular formula is C19H16N2O4. The Morgan fingerprint density at radius 2 is 0.960 bits per heavy atom. The topological polar surface area (TPSA) is 74.8 Å². The summed E-state index contributed by atoms with van der Waals surface area (Å²) < 4.78 is 0. The number of carbonyl (C=O) groups excluding carboxylic acids is 4. The molecule has 2 aromatic carbocycles.